The van der Waals surface area contributed by atoms with Crippen molar-refractivity contribution in [1.29, 1.82) is 0 Å². The highest BCUT2D eigenvalue weighted by atomic mass is 32.2. The largest absolute Gasteiger partial charge is 0.324 e. The number of nitrogens with zero attached hydrogens (tertiary/aromatic N) is 4. The highest BCUT2D eigenvalue weighted by molar-refractivity contribution is 7.89. The molecule has 5 rings (SSSR count). The van der Waals surface area contributed by atoms with Crippen LogP contribution < -0.4 is 10.9 Å². The Morgan fingerprint density at radius 2 is 1.78 bits per heavy atom. The third-order valence-corrected chi connectivity index (χ3v) is 9.02. The van der Waals surface area contributed by atoms with E-state index in [1.165, 1.54) is 21.1 Å². The quantitative estimate of drug-likeness (QED) is 0.490. The van der Waals surface area contributed by atoms with Crippen LogP contribution in [0.25, 0.3) is 11.0 Å². The fraction of sp³-hybridized carbons (Fsp3) is 0.480. The predicted octanol–water partition coefficient (Wildman–Crippen LogP) is 5.07. The lowest BCUT2D eigenvalue weighted by Gasteiger charge is -2.26. The summed E-state index contributed by atoms with van der Waals surface area (Å²) >= 11 is 0. The fourth-order valence-corrected chi connectivity index (χ4v) is 6.77. The number of hydrogen-bond donors (Lipinski definition) is 1. The molecule has 2 fully saturated rings. The number of aromatic nitrogens is 3. The summed E-state index contributed by atoms with van der Waals surface area (Å²) < 4.78 is 56.1. The Morgan fingerprint density at radius 3 is 2.44 bits per heavy atom. The Morgan fingerprint density at radius 1 is 1.06 bits per heavy atom. The minimum Gasteiger partial charge on any atom is -0.324 e. The zero-order valence-electron chi connectivity index (χ0n) is 20.1. The molecule has 1 N–H and O–H groups in total. The van der Waals surface area contributed by atoms with E-state index in [1.54, 1.807) is 25.1 Å². The second kappa shape index (κ2) is 9.85. The summed E-state index contributed by atoms with van der Waals surface area (Å²) in [6, 6.07) is 5.84. The molecule has 1 aliphatic carbocycles. The van der Waals surface area contributed by atoms with E-state index >= 15 is 0 Å². The van der Waals surface area contributed by atoms with E-state index in [0.29, 0.717) is 35.4 Å². The van der Waals surface area contributed by atoms with Gasteiger partial charge in [-0.2, -0.15) is 9.29 Å². The monoisotopic (exact) mass is 517 g/mol. The number of alkyl halides is 2. The molecule has 36 heavy (non-hydrogen) atoms. The molecule has 11 heteroatoms. The molecule has 1 saturated carbocycles. The summed E-state index contributed by atoms with van der Waals surface area (Å²) in [4.78, 5) is 22.0. The molecule has 1 aromatic carbocycles. The summed E-state index contributed by atoms with van der Waals surface area (Å²) in [6.07, 6.45) is 4.66. The average Bonchev–Trinajstić information content (AvgIpc) is 3.39. The van der Waals surface area contributed by atoms with Crippen molar-refractivity contribution in [3.05, 3.63) is 51.9 Å². The van der Waals surface area contributed by atoms with Gasteiger partial charge >= 0.3 is 0 Å². The number of anilines is 2. The molecule has 3 heterocycles. The van der Waals surface area contributed by atoms with Crippen LogP contribution in [0.2, 0.25) is 0 Å². The van der Waals surface area contributed by atoms with Gasteiger partial charge in [-0.25, -0.2) is 22.2 Å². The summed E-state index contributed by atoms with van der Waals surface area (Å²) in [7, 11) is -3.56. The summed E-state index contributed by atoms with van der Waals surface area (Å²) in [5.74, 6) is 0.202. The number of nitrogens with one attached hydrogen (secondary N) is 1. The highest BCUT2D eigenvalue weighted by Gasteiger charge is 2.27. The van der Waals surface area contributed by atoms with Gasteiger partial charge in [0.25, 0.3) is 12.0 Å². The molecule has 0 atom stereocenters. The lowest BCUT2D eigenvalue weighted by Crippen LogP contribution is -2.35. The number of piperidine rings is 1. The van der Waals surface area contributed by atoms with Gasteiger partial charge in [0, 0.05) is 36.4 Å². The number of benzene rings is 1. The van der Waals surface area contributed by atoms with Crippen molar-refractivity contribution < 1.29 is 17.2 Å². The molecule has 0 spiro atoms. The number of fused-ring (bicyclic) bond motifs is 1. The molecule has 0 unspecified atom stereocenters. The van der Waals surface area contributed by atoms with Gasteiger partial charge in [-0.15, -0.1) is 0 Å². The Balaban J connectivity index is 1.49. The second-order valence-corrected chi connectivity index (χ2v) is 11.5. The maximum absolute atomic E-state index is 13.6. The van der Waals surface area contributed by atoms with Crippen molar-refractivity contribution in [2.75, 3.05) is 18.4 Å². The van der Waals surface area contributed by atoms with Crippen LogP contribution >= 0.6 is 0 Å². The van der Waals surface area contributed by atoms with Gasteiger partial charge in [0.1, 0.15) is 5.65 Å². The first-order valence-electron chi connectivity index (χ1n) is 12.3. The molecule has 0 amide bonds. The Labute approximate surface area is 208 Å². The molecule has 8 nitrogen and oxygen atoms in total. The number of aryl methyl sites for hydroxylation is 1. The fourth-order valence-electron chi connectivity index (χ4n) is 5.17. The third kappa shape index (κ3) is 4.61. The molecule has 2 aliphatic rings. The van der Waals surface area contributed by atoms with E-state index in [0.717, 1.165) is 44.9 Å². The van der Waals surface area contributed by atoms with Crippen molar-refractivity contribution >= 4 is 32.7 Å². The van der Waals surface area contributed by atoms with Crippen LogP contribution in [-0.4, -0.2) is 40.3 Å². The average molecular weight is 518 g/mol. The van der Waals surface area contributed by atoms with Crippen molar-refractivity contribution in [2.45, 2.75) is 69.2 Å². The molecule has 2 aromatic heterocycles. The normalized spacial score (nSPS) is 17.8. The minimum absolute atomic E-state index is 0.178. The van der Waals surface area contributed by atoms with Crippen molar-refractivity contribution in [3.8, 4) is 0 Å². The third-order valence-electron chi connectivity index (χ3n) is 7.12. The van der Waals surface area contributed by atoms with Crippen molar-refractivity contribution in [1.82, 2.24) is 18.8 Å². The van der Waals surface area contributed by atoms with Crippen LogP contribution in [0.4, 0.5) is 20.4 Å². The molecule has 0 bridgehead atoms. The highest BCUT2D eigenvalue weighted by Crippen LogP contribution is 2.32. The zero-order chi connectivity index (χ0) is 25.4. The van der Waals surface area contributed by atoms with Gasteiger partial charge in [0.2, 0.25) is 16.0 Å². The number of pyridine rings is 1. The van der Waals surface area contributed by atoms with Crippen molar-refractivity contribution in [3.63, 3.8) is 0 Å². The number of sulfonamides is 1. The Hall–Kier alpha value is -2.92. The van der Waals surface area contributed by atoms with E-state index in [4.69, 9.17) is 0 Å². The van der Waals surface area contributed by atoms with Crippen LogP contribution in [0.3, 0.4) is 0 Å². The van der Waals surface area contributed by atoms with Crippen LogP contribution in [0.15, 0.2) is 40.2 Å². The van der Waals surface area contributed by atoms with Gasteiger partial charge in [-0.1, -0.05) is 19.3 Å². The minimum atomic E-state index is -3.56. The van der Waals surface area contributed by atoms with Gasteiger partial charge in [0.15, 0.2) is 0 Å². The van der Waals surface area contributed by atoms with E-state index in [2.05, 4.69) is 15.3 Å². The van der Waals surface area contributed by atoms with Crippen LogP contribution in [0, 0.1) is 6.92 Å². The van der Waals surface area contributed by atoms with Gasteiger partial charge < -0.3 is 5.32 Å². The van der Waals surface area contributed by atoms with E-state index < -0.39 is 27.6 Å². The molecule has 192 valence electrons. The lowest BCUT2D eigenvalue weighted by atomic mass is 10.1. The SMILES string of the molecule is Cc1cc(S(=O)(=O)N2CCCCC2)ccc1Nc1ncc2cc(C(F)F)c(=O)n(C3CCCC3)c2n1. The molecular weight excluding hydrogens is 488 g/mol. The molecule has 1 aliphatic heterocycles. The van der Waals surface area contributed by atoms with Gasteiger partial charge in [-0.3, -0.25) is 9.36 Å². The Bertz CT molecular complexity index is 1450. The summed E-state index contributed by atoms with van der Waals surface area (Å²) in [6.45, 7) is 2.85. The lowest BCUT2D eigenvalue weighted by molar-refractivity contribution is 0.149. The standard InChI is InChI=1S/C25H29F2N5O3S/c1-16-13-19(36(34,35)31-11-5-2-6-12-31)9-10-21(16)29-25-28-15-17-14-20(22(26)27)24(33)32(23(17)30-25)18-7-3-4-8-18/h9-10,13-15,18,22H,2-8,11-12H2,1H3,(H,28,29,30). The first-order valence-corrected chi connectivity index (χ1v) is 13.8. The van der Waals surface area contributed by atoms with Crippen LogP contribution in [0.1, 0.15) is 68.5 Å². The smallest absolute Gasteiger partial charge is 0.269 e. The van der Waals surface area contributed by atoms with E-state index in [-0.39, 0.29) is 16.9 Å². The first kappa shape index (κ1) is 24.8. The maximum atomic E-state index is 13.6. The van der Waals surface area contributed by atoms with Crippen molar-refractivity contribution in [2.24, 2.45) is 0 Å². The first-order chi connectivity index (χ1) is 17.3. The summed E-state index contributed by atoms with van der Waals surface area (Å²) in [5, 5.41) is 3.48. The van der Waals surface area contributed by atoms with Crippen LogP contribution in [0.5, 0.6) is 0 Å². The molecular formula is C25H29F2N5O3S. The Kier molecular flexibility index (Phi) is 6.78. The maximum Gasteiger partial charge on any atom is 0.269 e. The van der Waals surface area contributed by atoms with Gasteiger partial charge in [-0.05, 0) is 62.4 Å². The molecule has 3 aromatic rings. The second-order valence-electron chi connectivity index (χ2n) is 9.55. The van der Waals surface area contributed by atoms with E-state index in [9.17, 15) is 22.0 Å². The predicted molar refractivity (Wildman–Crippen MR) is 133 cm³/mol. The van der Waals surface area contributed by atoms with Gasteiger partial charge in [0.05, 0.1) is 10.5 Å². The number of hydrogen-bond acceptors (Lipinski definition) is 6. The number of halogens is 2. The van der Waals surface area contributed by atoms with Crippen LogP contribution in [-0.2, 0) is 10.0 Å². The molecule has 1 saturated heterocycles. The number of rotatable bonds is 6. The van der Waals surface area contributed by atoms with E-state index in [1.807, 2.05) is 0 Å². The zero-order valence-corrected chi connectivity index (χ0v) is 20.9. The summed E-state index contributed by atoms with van der Waals surface area (Å²) in [5.41, 5.74) is 0.372. The molecule has 0 radical (unpaired) electrons. The topological polar surface area (TPSA) is 97.2 Å².